The number of sulfone groups is 1. The molecule has 3 rings (SSSR count). The molecule has 9 heteroatoms. The lowest BCUT2D eigenvalue weighted by atomic mass is 10.1. The Morgan fingerprint density at radius 3 is 2.42 bits per heavy atom. The average Bonchev–Trinajstić information content (AvgIpc) is 3.32. The first kappa shape index (κ1) is 27.3. The number of hydrogen-bond acceptors (Lipinski definition) is 7. The van der Waals surface area contributed by atoms with Crippen molar-refractivity contribution in [3.05, 3.63) is 60.4 Å². The van der Waals surface area contributed by atoms with Gasteiger partial charge in [-0.3, -0.25) is 0 Å². The molecule has 36 heavy (non-hydrogen) atoms. The molecule has 2 atom stereocenters. The minimum absolute atomic E-state index is 0.0145. The highest BCUT2D eigenvalue weighted by atomic mass is 32.2. The summed E-state index contributed by atoms with van der Waals surface area (Å²) in [5.41, 5.74) is 2.57. The van der Waals surface area contributed by atoms with Gasteiger partial charge in [0.25, 0.3) is 0 Å². The summed E-state index contributed by atoms with van der Waals surface area (Å²) >= 11 is 0. The van der Waals surface area contributed by atoms with Crippen LogP contribution in [0.1, 0.15) is 39.8 Å². The molecule has 0 amide bonds. The lowest BCUT2D eigenvalue weighted by molar-refractivity contribution is 0.0920. The van der Waals surface area contributed by atoms with Crippen molar-refractivity contribution < 1.29 is 27.4 Å². The second-order valence-electron chi connectivity index (χ2n) is 8.56. The van der Waals surface area contributed by atoms with Gasteiger partial charge in [-0.05, 0) is 69.7 Å². The maximum Gasteiger partial charge on any atom is 0.192 e. The zero-order valence-electron chi connectivity index (χ0n) is 21.6. The molecule has 0 fully saturated rings. The number of aromatic nitrogens is 2. The third-order valence-corrected chi connectivity index (χ3v) is 6.37. The van der Waals surface area contributed by atoms with Gasteiger partial charge in [-0.25, -0.2) is 13.4 Å². The second kappa shape index (κ2) is 12.1. The van der Waals surface area contributed by atoms with Gasteiger partial charge in [0.1, 0.15) is 29.1 Å². The summed E-state index contributed by atoms with van der Waals surface area (Å²) in [5.74, 6) is 2.30. The SMILES string of the molecule is C/C=C(/OC(C)CC)c1ccc(-c2cc(Oc3ccc(S(C)(=O)=O)nc3)cc(O[C@@H](C)COC)c2)[nH]1. The number of pyridine rings is 1. The number of aromatic amines is 1. The van der Waals surface area contributed by atoms with Crippen molar-refractivity contribution in [2.75, 3.05) is 20.0 Å². The number of hydrogen-bond donors (Lipinski definition) is 1. The van der Waals surface area contributed by atoms with Crippen LogP contribution in [0.25, 0.3) is 17.0 Å². The molecule has 1 aromatic carbocycles. The highest BCUT2D eigenvalue weighted by Crippen LogP contribution is 2.33. The van der Waals surface area contributed by atoms with Crippen LogP contribution in [0.4, 0.5) is 0 Å². The van der Waals surface area contributed by atoms with E-state index in [1.54, 1.807) is 19.2 Å². The molecule has 0 aliphatic heterocycles. The minimum atomic E-state index is -3.39. The molecule has 0 spiro atoms. The van der Waals surface area contributed by atoms with Crippen LogP contribution in [0.2, 0.25) is 0 Å². The molecular weight excluding hydrogens is 480 g/mol. The van der Waals surface area contributed by atoms with Gasteiger partial charge in [0.15, 0.2) is 14.9 Å². The summed E-state index contributed by atoms with van der Waals surface area (Å²) < 4.78 is 46.7. The molecule has 0 radical (unpaired) electrons. The topological polar surface area (TPSA) is 99.7 Å². The monoisotopic (exact) mass is 514 g/mol. The van der Waals surface area contributed by atoms with Crippen LogP contribution in [-0.4, -0.2) is 50.6 Å². The van der Waals surface area contributed by atoms with Crippen LogP contribution in [0.15, 0.2) is 59.8 Å². The Kier molecular flexibility index (Phi) is 9.17. The maximum atomic E-state index is 11.7. The number of H-pyrrole nitrogens is 1. The van der Waals surface area contributed by atoms with E-state index in [0.29, 0.717) is 23.9 Å². The summed E-state index contributed by atoms with van der Waals surface area (Å²) in [7, 11) is -1.77. The number of allylic oxidation sites excluding steroid dienone is 1. The fourth-order valence-corrected chi connectivity index (χ4v) is 3.99. The van der Waals surface area contributed by atoms with Gasteiger partial charge in [-0.15, -0.1) is 0 Å². The lowest BCUT2D eigenvalue weighted by Crippen LogP contribution is -2.17. The molecule has 1 unspecified atom stereocenters. The molecular formula is C27H34N2O6S. The first-order valence-electron chi connectivity index (χ1n) is 11.8. The van der Waals surface area contributed by atoms with Gasteiger partial charge < -0.3 is 23.9 Å². The van der Waals surface area contributed by atoms with Gasteiger partial charge in [-0.1, -0.05) is 6.92 Å². The molecule has 8 nitrogen and oxygen atoms in total. The third kappa shape index (κ3) is 7.35. The third-order valence-electron chi connectivity index (χ3n) is 5.37. The second-order valence-corrected chi connectivity index (χ2v) is 10.5. The van der Waals surface area contributed by atoms with E-state index in [9.17, 15) is 8.42 Å². The van der Waals surface area contributed by atoms with Crippen molar-refractivity contribution in [2.24, 2.45) is 0 Å². The smallest absolute Gasteiger partial charge is 0.192 e. The van der Waals surface area contributed by atoms with Crippen LogP contribution < -0.4 is 9.47 Å². The van der Waals surface area contributed by atoms with Crippen LogP contribution in [0.3, 0.4) is 0 Å². The number of benzene rings is 1. The van der Waals surface area contributed by atoms with Gasteiger partial charge in [0.05, 0.1) is 24.6 Å². The number of nitrogens with one attached hydrogen (secondary N) is 1. The molecule has 2 heterocycles. The molecule has 1 N–H and O–H groups in total. The summed E-state index contributed by atoms with van der Waals surface area (Å²) in [4.78, 5) is 7.42. The normalized spacial score (nSPS) is 13.8. The summed E-state index contributed by atoms with van der Waals surface area (Å²) in [5, 5.41) is -0.0145. The number of rotatable bonds is 12. The molecule has 0 bridgehead atoms. The van der Waals surface area contributed by atoms with E-state index < -0.39 is 9.84 Å². The van der Waals surface area contributed by atoms with E-state index in [4.69, 9.17) is 18.9 Å². The molecule has 2 aromatic heterocycles. The Hall–Kier alpha value is -3.30. The summed E-state index contributed by atoms with van der Waals surface area (Å²) in [6.45, 7) is 8.42. The van der Waals surface area contributed by atoms with Crippen LogP contribution in [0, 0.1) is 0 Å². The van der Waals surface area contributed by atoms with Crippen molar-refractivity contribution in [3.8, 4) is 28.5 Å². The van der Waals surface area contributed by atoms with E-state index in [-0.39, 0.29) is 17.2 Å². The molecule has 0 saturated carbocycles. The van der Waals surface area contributed by atoms with E-state index in [1.807, 2.05) is 51.1 Å². The quantitative estimate of drug-likeness (QED) is 0.302. The highest BCUT2D eigenvalue weighted by Gasteiger charge is 2.14. The van der Waals surface area contributed by atoms with Gasteiger partial charge >= 0.3 is 0 Å². The highest BCUT2D eigenvalue weighted by molar-refractivity contribution is 7.90. The number of methoxy groups -OCH3 is 1. The molecule has 0 saturated heterocycles. The Bertz CT molecular complexity index is 1280. The molecule has 0 aliphatic carbocycles. The molecule has 3 aromatic rings. The molecule has 194 valence electrons. The van der Waals surface area contributed by atoms with Crippen molar-refractivity contribution >= 4 is 15.6 Å². The van der Waals surface area contributed by atoms with Crippen LogP contribution in [-0.2, 0) is 19.3 Å². The van der Waals surface area contributed by atoms with E-state index in [2.05, 4.69) is 16.9 Å². The summed E-state index contributed by atoms with van der Waals surface area (Å²) in [6.07, 6.45) is 5.27. The van der Waals surface area contributed by atoms with Gasteiger partial charge in [0.2, 0.25) is 0 Å². The van der Waals surface area contributed by atoms with E-state index >= 15 is 0 Å². The van der Waals surface area contributed by atoms with Gasteiger partial charge in [0, 0.05) is 30.7 Å². The predicted octanol–water partition coefficient (Wildman–Crippen LogP) is 5.86. The van der Waals surface area contributed by atoms with Crippen molar-refractivity contribution in [2.45, 2.75) is 51.3 Å². The first-order chi connectivity index (χ1) is 17.1. The largest absolute Gasteiger partial charge is 0.489 e. The van der Waals surface area contributed by atoms with Crippen LogP contribution >= 0.6 is 0 Å². The number of ether oxygens (including phenoxy) is 4. The predicted molar refractivity (Wildman–Crippen MR) is 140 cm³/mol. The Morgan fingerprint density at radius 1 is 1.06 bits per heavy atom. The van der Waals surface area contributed by atoms with Crippen molar-refractivity contribution in [1.82, 2.24) is 9.97 Å². The Balaban J connectivity index is 1.94. The van der Waals surface area contributed by atoms with E-state index in [1.165, 1.54) is 12.3 Å². The van der Waals surface area contributed by atoms with Gasteiger partial charge in [-0.2, -0.15) is 0 Å². The van der Waals surface area contributed by atoms with Crippen molar-refractivity contribution in [3.63, 3.8) is 0 Å². The van der Waals surface area contributed by atoms with Crippen molar-refractivity contribution in [1.29, 1.82) is 0 Å². The fourth-order valence-electron chi connectivity index (χ4n) is 3.43. The number of nitrogens with zero attached hydrogens (tertiary/aromatic N) is 1. The minimum Gasteiger partial charge on any atom is -0.489 e. The van der Waals surface area contributed by atoms with E-state index in [0.717, 1.165) is 35.4 Å². The average molecular weight is 515 g/mol. The standard InChI is InChI=1S/C27H34N2O6S/c1-7-18(3)34-26(8-2)25-11-10-24(29-25)20-13-22(33-19(4)17-32-5)15-23(14-20)35-21-9-12-27(28-16-21)36(6,30)31/h8-16,18-19,29H,7,17H2,1-6H3/b26-8+/t18?,19-/m0/s1. The zero-order valence-corrected chi connectivity index (χ0v) is 22.4. The fraction of sp³-hybridized carbons (Fsp3) is 0.370. The lowest BCUT2D eigenvalue weighted by Gasteiger charge is -2.16. The Labute approximate surface area is 213 Å². The Morgan fingerprint density at radius 2 is 1.81 bits per heavy atom. The van der Waals surface area contributed by atoms with Crippen LogP contribution in [0.5, 0.6) is 17.2 Å². The zero-order chi connectivity index (χ0) is 26.3. The molecule has 0 aliphatic rings. The summed E-state index contributed by atoms with van der Waals surface area (Å²) in [6, 6.07) is 12.5. The first-order valence-corrected chi connectivity index (χ1v) is 13.7. The maximum absolute atomic E-state index is 11.7.